The van der Waals surface area contributed by atoms with E-state index in [1.54, 1.807) is 6.07 Å². The van der Waals surface area contributed by atoms with Gasteiger partial charge in [-0.05, 0) is 49.0 Å². The third-order valence-electron chi connectivity index (χ3n) is 2.68. The third kappa shape index (κ3) is 2.26. The smallest absolute Gasteiger partial charge is 0.140 e. The predicted octanol–water partition coefficient (Wildman–Crippen LogP) is 3.09. The minimum Gasteiger partial charge on any atom is -0.506 e. The van der Waals surface area contributed by atoms with Crippen molar-refractivity contribution >= 4 is 35.1 Å². The Labute approximate surface area is 112 Å². The van der Waals surface area contributed by atoms with Crippen LogP contribution in [0.25, 0.3) is 11.1 Å². The Morgan fingerprint density at radius 1 is 1.00 bits per heavy atom. The summed E-state index contributed by atoms with van der Waals surface area (Å²) in [6, 6.07) is 10.9. The van der Waals surface area contributed by atoms with Crippen LogP contribution < -0.4 is 11.5 Å². The van der Waals surface area contributed by atoms with Gasteiger partial charge in [0.05, 0.1) is 11.4 Å². The van der Waals surface area contributed by atoms with E-state index in [1.165, 1.54) is 6.07 Å². The first-order valence-electron chi connectivity index (χ1n) is 5.18. The molecule has 0 atom stereocenters. The summed E-state index contributed by atoms with van der Waals surface area (Å²) in [4.78, 5) is 0. The van der Waals surface area contributed by atoms with Gasteiger partial charge in [-0.3, -0.25) is 3.56 Å². The van der Waals surface area contributed by atoms with Crippen molar-refractivity contribution in [2.24, 2.45) is 0 Å². The number of nitrogen functional groups attached to an aromatic ring is 2. The molecule has 0 aromatic heterocycles. The number of phenols is 1. The first-order valence-corrected chi connectivity index (χ1v) is 8.86. The average Bonchev–Trinajstić information content (AvgIpc) is 2.36. The van der Waals surface area contributed by atoms with Crippen molar-refractivity contribution in [3.63, 3.8) is 0 Å². The highest BCUT2D eigenvalue weighted by molar-refractivity contribution is 14.2. The molecule has 0 heterocycles. The number of phenolic OH excluding ortho intramolecular Hbond substituents is 1. The number of aromatic hydroxyl groups is 1. The molecule has 5 heteroatoms. The summed E-state index contributed by atoms with van der Waals surface area (Å²) in [5.74, 6) is -0.00907. The minimum absolute atomic E-state index is 0.00907. The maximum atomic E-state index is 9.46. The van der Waals surface area contributed by atoms with Crippen molar-refractivity contribution < 1.29 is 5.11 Å². The monoisotopic (exact) mass is 355 g/mol. The Morgan fingerprint density at radius 2 is 1.61 bits per heavy atom. The van der Waals surface area contributed by atoms with Crippen molar-refractivity contribution in [1.29, 1.82) is 3.56 Å². The van der Waals surface area contributed by atoms with Crippen LogP contribution in [-0.2, 0) is 0 Å². The van der Waals surface area contributed by atoms with Gasteiger partial charge < -0.3 is 16.6 Å². The lowest BCUT2D eigenvalue weighted by Gasteiger charge is -2.10. The second kappa shape index (κ2) is 4.85. The number of benzene rings is 2. The highest BCUT2D eigenvalue weighted by Gasteiger charge is 2.08. The van der Waals surface area contributed by atoms with Crippen LogP contribution >= 0.6 is 19.2 Å². The maximum Gasteiger partial charge on any atom is 0.140 e. The van der Waals surface area contributed by atoms with Crippen LogP contribution in [0.3, 0.4) is 0 Å². The van der Waals surface area contributed by atoms with Crippen molar-refractivity contribution in [1.82, 2.24) is 0 Å². The van der Waals surface area contributed by atoms with Crippen molar-refractivity contribution in [3.05, 3.63) is 40.0 Å². The van der Waals surface area contributed by atoms with Gasteiger partial charge in [0.2, 0.25) is 0 Å². The van der Waals surface area contributed by atoms with Gasteiger partial charge in [-0.15, -0.1) is 0 Å². The van der Waals surface area contributed by atoms with Crippen molar-refractivity contribution in [3.8, 4) is 16.9 Å². The number of rotatable bonds is 2. The second-order valence-electron chi connectivity index (χ2n) is 3.83. The summed E-state index contributed by atoms with van der Waals surface area (Å²) in [6.45, 7) is 0. The Hall–Kier alpha value is -1.76. The molecule has 18 heavy (non-hydrogen) atoms. The number of nitrogens with two attached hydrogens (primary N) is 2. The highest BCUT2D eigenvalue weighted by Crippen LogP contribution is 2.36. The van der Waals surface area contributed by atoms with E-state index in [4.69, 9.17) is 15.0 Å². The van der Waals surface area contributed by atoms with Crippen LogP contribution in [0.1, 0.15) is 0 Å². The van der Waals surface area contributed by atoms with E-state index < -0.39 is 19.2 Å². The Balaban J connectivity index is 2.52. The highest BCUT2D eigenvalue weighted by atomic mass is 127. The summed E-state index contributed by atoms with van der Waals surface area (Å²) in [6.07, 6.45) is 0. The molecular formula is C13H14IN3O. The van der Waals surface area contributed by atoms with E-state index in [1.807, 2.05) is 24.3 Å². The molecule has 0 unspecified atom stereocenters. The van der Waals surface area contributed by atoms with Gasteiger partial charge in [-0.2, -0.15) is 0 Å². The first kappa shape index (κ1) is 12.7. The molecule has 2 rings (SSSR count). The summed E-state index contributed by atoms with van der Waals surface area (Å²) < 4.78 is 12.5. The summed E-state index contributed by atoms with van der Waals surface area (Å²) >= 11 is -1.93. The standard InChI is InChI=1S/C13H14IN3O/c1-14(17)9-4-2-8(3-5-9)10-6-7-11(18)13(16)12(10)15/h2-7,17-18H,1,15-16H2. The zero-order chi connectivity index (χ0) is 13.3. The number of anilines is 2. The van der Waals surface area contributed by atoms with Crippen LogP contribution in [0.4, 0.5) is 11.4 Å². The normalized spacial score (nSPS) is 10.7. The van der Waals surface area contributed by atoms with E-state index in [9.17, 15) is 5.11 Å². The third-order valence-corrected chi connectivity index (χ3v) is 4.91. The molecule has 0 saturated carbocycles. The maximum absolute atomic E-state index is 9.46. The summed E-state index contributed by atoms with van der Waals surface area (Å²) in [5.41, 5.74) is 13.9. The van der Waals surface area contributed by atoms with Crippen LogP contribution in [-0.4, -0.2) is 9.62 Å². The van der Waals surface area contributed by atoms with Gasteiger partial charge in [0.15, 0.2) is 0 Å². The number of nitrogens with one attached hydrogen (secondary N) is 1. The van der Waals surface area contributed by atoms with Gasteiger partial charge in [-0.1, -0.05) is 16.6 Å². The van der Waals surface area contributed by atoms with E-state index in [2.05, 4.69) is 4.51 Å². The summed E-state index contributed by atoms with van der Waals surface area (Å²) in [7, 11) is 0. The fraction of sp³-hybridized carbons (Fsp3) is 0. The van der Waals surface area contributed by atoms with Gasteiger partial charge in [0.1, 0.15) is 5.75 Å². The average molecular weight is 355 g/mol. The molecule has 0 bridgehead atoms. The Bertz CT molecular complexity index is 653. The van der Waals surface area contributed by atoms with E-state index in [-0.39, 0.29) is 11.4 Å². The number of hydrogen-bond donors (Lipinski definition) is 4. The first-order chi connectivity index (χ1) is 8.50. The molecule has 0 amide bonds. The molecule has 0 spiro atoms. The quantitative estimate of drug-likeness (QED) is 0.379. The minimum atomic E-state index is -1.93. The predicted molar refractivity (Wildman–Crippen MR) is 84.9 cm³/mol. The van der Waals surface area contributed by atoms with Gasteiger partial charge >= 0.3 is 0 Å². The van der Waals surface area contributed by atoms with Crippen LogP contribution in [0.15, 0.2) is 36.4 Å². The second-order valence-corrected chi connectivity index (χ2v) is 7.14. The molecule has 0 aliphatic rings. The number of halogens is 1. The molecule has 2 aromatic rings. The lowest BCUT2D eigenvalue weighted by atomic mass is 10.0. The van der Waals surface area contributed by atoms with E-state index in [0.717, 1.165) is 14.7 Å². The van der Waals surface area contributed by atoms with Crippen LogP contribution in [0, 0.1) is 7.13 Å². The molecule has 0 radical (unpaired) electrons. The molecule has 6 N–H and O–H groups in total. The topological polar surface area (TPSA) is 96.1 Å². The molecule has 0 fully saturated rings. The largest absolute Gasteiger partial charge is 0.506 e. The Morgan fingerprint density at radius 3 is 2.17 bits per heavy atom. The van der Waals surface area contributed by atoms with Crippen molar-refractivity contribution in [2.75, 3.05) is 11.5 Å². The summed E-state index contributed by atoms with van der Waals surface area (Å²) in [5, 5.41) is 9.46. The zero-order valence-electron chi connectivity index (χ0n) is 9.65. The molecular weight excluding hydrogens is 341 g/mol. The van der Waals surface area contributed by atoms with Gasteiger partial charge in [0, 0.05) is 9.13 Å². The van der Waals surface area contributed by atoms with E-state index >= 15 is 0 Å². The van der Waals surface area contributed by atoms with Crippen LogP contribution in [0.2, 0.25) is 0 Å². The lowest BCUT2D eigenvalue weighted by Crippen LogP contribution is -1.97. The van der Waals surface area contributed by atoms with E-state index in [0.29, 0.717) is 5.69 Å². The Kier molecular flexibility index (Phi) is 3.42. The molecule has 0 saturated heterocycles. The fourth-order valence-electron chi connectivity index (χ4n) is 1.66. The lowest BCUT2D eigenvalue weighted by molar-refractivity contribution is 0.478. The SMILES string of the molecule is C=I(=N)c1ccc(-c2ccc(O)c(N)c2N)cc1. The molecule has 2 aromatic carbocycles. The van der Waals surface area contributed by atoms with Crippen LogP contribution in [0.5, 0.6) is 5.75 Å². The molecule has 4 nitrogen and oxygen atoms in total. The molecule has 0 aliphatic heterocycles. The van der Waals surface area contributed by atoms with Crippen molar-refractivity contribution in [2.45, 2.75) is 0 Å². The number of hydrogen-bond acceptors (Lipinski definition) is 4. The van der Waals surface area contributed by atoms with Gasteiger partial charge in [-0.25, -0.2) is 0 Å². The molecule has 0 aliphatic carbocycles. The fourth-order valence-corrected chi connectivity index (χ4v) is 2.89. The zero-order valence-corrected chi connectivity index (χ0v) is 11.8. The molecule has 94 valence electrons. The van der Waals surface area contributed by atoms with Gasteiger partial charge in [0.25, 0.3) is 0 Å².